The van der Waals surface area contributed by atoms with Gasteiger partial charge >= 0.3 is 0 Å². The quantitative estimate of drug-likeness (QED) is 0.786. The minimum Gasteiger partial charge on any atom is -0.329 e. The van der Waals surface area contributed by atoms with E-state index in [-0.39, 0.29) is 17.3 Å². The summed E-state index contributed by atoms with van der Waals surface area (Å²) in [4.78, 5) is 11.9. The van der Waals surface area contributed by atoms with Crippen molar-refractivity contribution < 1.29 is 9.18 Å². The van der Waals surface area contributed by atoms with E-state index in [0.717, 1.165) is 0 Å². The lowest BCUT2D eigenvalue weighted by Crippen LogP contribution is -2.10. The van der Waals surface area contributed by atoms with Crippen LogP contribution in [0.3, 0.4) is 0 Å². The van der Waals surface area contributed by atoms with Gasteiger partial charge in [-0.2, -0.15) is 0 Å². The zero-order valence-electron chi connectivity index (χ0n) is 9.01. The Labute approximate surface area is 97.0 Å². The van der Waals surface area contributed by atoms with E-state index in [1.807, 2.05) is 0 Å². The van der Waals surface area contributed by atoms with Crippen LogP contribution in [0.5, 0.6) is 0 Å². The Bertz CT molecular complexity index is 521. The number of rotatable bonds is 4. The molecule has 0 spiro atoms. The summed E-state index contributed by atoms with van der Waals surface area (Å²) >= 11 is 0. The molecule has 17 heavy (non-hydrogen) atoms. The summed E-state index contributed by atoms with van der Waals surface area (Å²) < 4.78 is 14.2. The van der Waals surface area contributed by atoms with Gasteiger partial charge in [0, 0.05) is 12.1 Å². The standard InChI is InChI=1S/C11H11FN4O/c12-9-3-1-8(2-4-9)11(17)10-7-16(6-5-13)15-14-10/h1-4,7H,5-6,13H2. The average molecular weight is 234 g/mol. The zero-order valence-corrected chi connectivity index (χ0v) is 9.01. The SMILES string of the molecule is NCCn1cc(C(=O)c2ccc(F)cc2)nn1. The largest absolute Gasteiger partial charge is 0.329 e. The number of carbonyl (C=O) groups is 1. The molecule has 0 atom stereocenters. The molecule has 0 fully saturated rings. The molecule has 5 nitrogen and oxygen atoms in total. The van der Waals surface area contributed by atoms with Crippen LogP contribution in [0.15, 0.2) is 30.5 Å². The minimum absolute atomic E-state index is 0.227. The van der Waals surface area contributed by atoms with Crippen LogP contribution < -0.4 is 5.73 Å². The lowest BCUT2D eigenvalue weighted by molar-refractivity contribution is 0.103. The Hall–Kier alpha value is -2.08. The van der Waals surface area contributed by atoms with Crippen LogP contribution in [0.2, 0.25) is 0 Å². The van der Waals surface area contributed by atoms with Gasteiger partial charge in [0.15, 0.2) is 5.69 Å². The molecular formula is C11H11FN4O. The zero-order chi connectivity index (χ0) is 12.3. The highest BCUT2D eigenvalue weighted by atomic mass is 19.1. The highest BCUT2D eigenvalue weighted by Gasteiger charge is 2.13. The summed E-state index contributed by atoms with van der Waals surface area (Å²) in [6.07, 6.45) is 1.53. The highest BCUT2D eigenvalue weighted by molar-refractivity contribution is 6.07. The first kappa shape index (κ1) is 11.4. The number of nitrogens with zero attached hydrogens (tertiary/aromatic N) is 3. The smallest absolute Gasteiger partial charge is 0.214 e. The third-order valence-corrected chi connectivity index (χ3v) is 2.24. The summed E-state index contributed by atoms with van der Waals surface area (Å²) in [6.45, 7) is 0.928. The average Bonchev–Trinajstić information content (AvgIpc) is 2.78. The molecule has 0 radical (unpaired) electrons. The van der Waals surface area contributed by atoms with Crippen molar-refractivity contribution in [3.05, 3.63) is 47.5 Å². The number of ketones is 1. The molecule has 0 saturated heterocycles. The predicted octanol–water partition coefficient (Wildman–Crippen LogP) is 0.607. The number of benzene rings is 1. The van der Waals surface area contributed by atoms with E-state index >= 15 is 0 Å². The number of carbonyl (C=O) groups excluding carboxylic acids is 1. The van der Waals surface area contributed by atoms with E-state index < -0.39 is 0 Å². The number of nitrogens with two attached hydrogens (primary N) is 1. The van der Waals surface area contributed by atoms with E-state index in [2.05, 4.69) is 10.3 Å². The maximum atomic E-state index is 12.7. The molecule has 0 saturated carbocycles. The lowest BCUT2D eigenvalue weighted by atomic mass is 10.1. The molecule has 1 heterocycles. The maximum Gasteiger partial charge on any atom is 0.214 e. The van der Waals surface area contributed by atoms with Crippen molar-refractivity contribution in [3.63, 3.8) is 0 Å². The number of halogens is 1. The van der Waals surface area contributed by atoms with E-state index in [1.165, 1.54) is 35.1 Å². The first-order valence-corrected chi connectivity index (χ1v) is 5.11. The van der Waals surface area contributed by atoms with Crippen LogP contribution in [-0.2, 0) is 6.54 Å². The van der Waals surface area contributed by atoms with E-state index in [0.29, 0.717) is 18.7 Å². The van der Waals surface area contributed by atoms with Crippen LogP contribution in [0.4, 0.5) is 4.39 Å². The van der Waals surface area contributed by atoms with Gasteiger partial charge in [-0.1, -0.05) is 5.21 Å². The van der Waals surface area contributed by atoms with Gasteiger partial charge in [0.05, 0.1) is 12.7 Å². The summed E-state index contributed by atoms with van der Waals surface area (Å²) in [5, 5.41) is 7.51. The highest BCUT2D eigenvalue weighted by Crippen LogP contribution is 2.08. The summed E-state index contributed by atoms with van der Waals surface area (Å²) in [7, 11) is 0. The third-order valence-electron chi connectivity index (χ3n) is 2.24. The molecule has 0 aliphatic heterocycles. The normalized spacial score (nSPS) is 10.5. The van der Waals surface area contributed by atoms with Gasteiger partial charge in [0.2, 0.25) is 5.78 Å². The fraction of sp³-hybridized carbons (Fsp3) is 0.182. The fourth-order valence-corrected chi connectivity index (χ4v) is 1.39. The Morgan fingerprint density at radius 1 is 1.35 bits per heavy atom. The van der Waals surface area contributed by atoms with Crippen molar-refractivity contribution in [1.82, 2.24) is 15.0 Å². The van der Waals surface area contributed by atoms with E-state index in [1.54, 1.807) is 0 Å². The summed E-state index contributed by atoms with van der Waals surface area (Å²) in [5.74, 6) is -0.665. The van der Waals surface area contributed by atoms with Gasteiger partial charge in [-0.15, -0.1) is 5.10 Å². The molecule has 6 heteroatoms. The second-order valence-corrected chi connectivity index (χ2v) is 3.49. The van der Waals surface area contributed by atoms with E-state index in [9.17, 15) is 9.18 Å². The molecule has 0 aliphatic carbocycles. The topological polar surface area (TPSA) is 73.8 Å². The Morgan fingerprint density at radius 2 is 2.06 bits per heavy atom. The van der Waals surface area contributed by atoms with Crippen LogP contribution in [0, 0.1) is 5.82 Å². The van der Waals surface area contributed by atoms with Gasteiger partial charge in [-0.3, -0.25) is 9.48 Å². The van der Waals surface area contributed by atoms with Crippen molar-refractivity contribution in [3.8, 4) is 0 Å². The van der Waals surface area contributed by atoms with Crippen LogP contribution >= 0.6 is 0 Å². The van der Waals surface area contributed by atoms with Gasteiger partial charge in [0.1, 0.15) is 5.82 Å². The summed E-state index contributed by atoms with van der Waals surface area (Å²) in [6, 6.07) is 5.30. The van der Waals surface area contributed by atoms with Gasteiger partial charge < -0.3 is 5.73 Å². The molecule has 2 rings (SSSR count). The molecule has 1 aromatic heterocycles. The third kappa shape index (κ3) is 2.54. The molecule has 0 bridgehead atoms. The van der Waals surface area contributed by atoms with Crippen LogP contribution in [0.1, 0.15) is 16.1 Å². The van der Waals surface area contributed by atoms with Gasteiger partial charge in [-0.25, -0.2) is 4.39 Å². The fourth-order valence-electron chi connectivity index (χ4n) is 1.39. The Morgan fingerprint density at radius 3 is 2.71 bits per heavy atom. The molecule has 1 aromatic carbocycles. The molecule has 88 valence electrons. The number of hydrogen-bond donors (Lipinski definition) is 1. The Kier molecular flexibility index (Phi) is 3.24. The molecule has 2 N–H and O–H groups in total. The number of aromatic nitrogens is 3. The molecule has 0 unspecified atom stereocenters. The van der Waals surface area contributed by atoms with Crippen molar-refractivity contribution in [1.29, 1.82) is 0 Å². The second-order valence-electron chi connectivity index (χ2n) is 3.49. The van der Waals surface area contributed by atoms with E-state index in [4.69, 9.17) is 5.73 Å². The van der Waals surface area contributed by atoms with Gasteiger partial charge in [0.25, 0.3) is 0 Å². The monoisotopic (exact) mass is 234 g/mol. The second kappa shape index (κ2) is 4.84. The molecular weight excluding hydrogens is 223 g/mol. The maximum absolute atomic E-state index is 12.7. The van der Waals surface area contributed by atoms with Crippen molar-refractivity contribution in [2.45, 2.75) is 6.54 Å². The molecule has 0 amide bonds. The van der Waals surface area contributed by atoms with Crippen molar-refractivity contribution >= 4 is 5.78 Å². The Balaban J connectivity index is 2.21. The van der Waals surface area contributed by atoms with Crippen molar-refractivity contribution in [2.24, 2.45) is 5.73 Å². The van der Waals surface area contributed by atoms with Crippen LogP contribution in [0.25, 0.3) is 0 Å². The first-order valence-electron chi connectivity index (χ1n) is 5.11. The first-order chi connectivity index (χ1) is 8.20. The molecule has 2 aromatic rings. The lowest BCUT2D eigenvalue weighted by Gasteiger charge is -1.96. The molecule has 0 aliphatic rings. The predicted molar refractivity (Wildman–Crippen MR) is 58.9 cm³/mol. The number of hydrogen-bond acceptors (Lipinski definition) is 4. The van der Waals surface area contributed by atoms with Crippen LogP contribution in [-0.4, -0.2) is 27.3 Å². The van der Waals surface area contributed by atoms with Crippen molar-refractivity contribution in [2.75, 3.05) is 6.54 Å². The minimum atomic E-state index is -0.381. The summed E-state index contributed by atoms with van der Waals surface area (Å²) in [5.41, 5.74) is 5.97. The van der Waals surface area contributed by atoms with Gasteiger partial charge in [-0.05, 0) is 24.3 Å².